The minimum absolute atomic E-state index is 0. The van der Waals surface area contributed by atoms with Crippen LogP contribution < -0.4 is 0 Å². The summed E-state index contributed by atoms with van der Waals surface area (Å²) in [4.78, 5) is 11.5. The smallest absolute Gasteiger partial charge is 0.185 e. The second-order valence-corrected chi connectivity index (χ2v) is 5.83. The van der Waals surface area contributed by atoms with Crippen molar-refractivity contribution in [2.45, 2.75) is 30.9 Å². The molecule has 0 aliphatic carbocycles. The first kappa shape index (κ1) is 17.7. The molecule has 2 N–H and O–H groups in total. The number of carbonyl (C=O) groups is 1. The van der Waals surface area contributed by atoms with Gasteiger partial charge in [0.15, 0.2) is 18.9 Å². The number of hydrogen-bond acceptors (Lipinski definition) is 5. The maximum absolute atomic E-state index is 11.5. The quantitative estimate of drug-likeness (QED) is 0.795. The minimum Gasteiger partial charge on any atom is -0.412 e. The molecule has 2 fully saturated rings. The largest absolute Gasteiger partial charge is 0.412 e. The van der Waals surface area contributed by atoms with E-state index in [0.717, 1.165) is 17.4 Å². The molecule has 0 amide bonds. The van der Waals surface area contributed by atoms with E-state index < -0.39 is 24.8 Å². The molecule has 2 aliphatic heterocycles. The lowest BCUT2D eigenvalue weighted by Gasteiger charge is -2.44. The molecular formula is C19H20O6. The molecule has 25 heavy (non-hydrogen) atoms. The van der Waals surface area contributed by atoms with E-state index in [1.807, 2.05) is 60.7 Å². The van der Waals surface area contributed by atoms with Gasteiger partial charge in [-0.1, -0.05) is 60.7 Å². The van der Waals surface area contributed by atoms with Crippen LogP contribution in [0.15, 0.2) is 60.7 Å². The summed E-state index contributed by atoms with van der Waals surface area (Å²) in [6, 6.07) is 19.2. The topological polar surface area (TPSA) is 85.5 Å². The third kappa shape index (κ3) is 3.63. The Labute approximate surface area is 145 Å². The predicted octanol–water partition coefficient (Wildman–Crippen LogP) is 1.96. The fraction of sp³-hybridized carbons (Fsp3) is 0.316. The van der Waals surface area contributed by atoms with E-state index >= 15 is 0 Å². The van der Waals surface area contributed by atoms with Crippen molar-refractivity contribution in [3.05, 3.63) is 71.8 Å². The van der Waals surface area contributed by atoms with Gasteiger partial charge in [-0.2, -0.15) is 0 Å². The maximum Gasteiger partial charge on any atom is 0.185 e. The summed E-state index contributed by atoms with van der Waals surface area (Å²) in [6.07, 6.45) is -1.85. The van der Waals surface area contributed by atoms with E-state index in [4.69, 9.17) is 18.9 Å². The Morgan fingerprint density at radius 2 is 1.40 bits per heavy atom. The van der Waals surface area contributed by atoms with E-state index in [1.165, 1.54) is 0 Å². The fourth-order valence-corrected chi connectivity index (χ4v) is 3.03. The predicted molar refractivity (Wildman–Crippen MR) is 88.6 cm³/mol. The van der Waals surface area contributed by atoms with Crippen molar-refractivity contribution < 1.29 is 29.2 Å². The van der Waals surface area contributed by atoms with Crippen molar-refractivity contribution in [1.29, 1.82) is 0 Å². The number of ether oxygens (including phenoxy) is 4. The van der Waals surface area contributed by atoms with Gasteiger partial charge in [0.1, 0.15) is 18.3 Å². The van der Waals surface area contributed by atoms with Crippen molar-refractivity contribution in [3.8, 4) is 0 Å². The highest BCUT2D eigenvalue weighted by atomic mass is 16.8. The Morgan fingerprint density at radius 3 is 2.00 bits per heavy atom. The van der Waals surface area contributed by atoms with Gasteiger partial charge in [0.25, 0.3) is 0 Å². The van der Waals surface area contributed by atoms with Crippen LogP contribution in [0.5, 0.6) is 0 Å². The first-order valence-electron chi connectivity index (χ1n) is 7.98. The standard InChI is InChI=1S/C19H18O5.H2O/c20-11-15-17-16(23-19(22-15)14-9-5-2-6-10-14)12-21-18(24-17)13-7-3-1-4-8-13;/h1-11,15-19H,12H2;1H2/t15-,16+,17-,18?,19+;/m1./s1. The Hall–Kier alpha value is -2.09. The monoisotopic (exact) mass is 344 g/mol. The number of fused-ring (bicyclic) bond motifs is 1. The zero-order valence-corrected chi connectivity index (χ0v) is 13.5. The van der Waals surface area contributed by atoms with E-state index in [-0.39, 0.29) is 11.6 Å². The Balaban J connectivity index is 0.00000182. The number of benzene rings is 2. The van der Waals surface area contributed by atoms with Gasteiger partial charge >= 0.3 is 0 Å². The number of aldehydes is 1. The number of hydrogen-bond donors (Lipinski definition) is 0. The van der Waals surface area contributed by atoms with Crippen LogP contribution in [0.4, 0.5) is 0 Å². The van der Waals surface area contributed by atoms with Crippen molar-refractivity contribution in [1.82, 2.24) is 0 Å². The number of rotatable bonds is 3. The average Bonchev–Trinajstić information content (AvgIpc) is 2.68. The molecule has 2 saturated heterocycles. The Morgan fingerprint density at radius 1 is 0.800 bits per heavy atom. The Kier molecular flexibility index (Phi) is 5.57. The Bertz CT molecular complexity index is 677. The van der Waals surface area contributed by atoms with Crippen LogP contribution in [0.3, 0.4) is 0 Å². The lowest BCUT2D eigenvalue weighted by Crippen LogP contribution is -2.54. The third-order valence-corrected chi connectivity index (χ3v) is 4.24. The minimum atomic E-state index is -0.691. The summed E-state index contributed by atoms with van der Waals surface area (Å²) < 4.78 is 23.5. The SMILES string of the molecule is O.O=C[C@H]1O[C@H](c2ccccc2)O[C@H]2COC(c3ccccc3)O[C@@H]21. The summed E-state index contributed by atoms with van der Waals surface area (Å²) in [5.41, 5.74) is 1.78. The van der Waals surface area contributed by atoms with Crippen LogP contribution in [0, 0.1) is 0 Å². The lowest BCUT2D eigenvalue weighted by atomic mass is 10.0. The van der Waals surface area contributed by atoms with E-state index in [0.29, 0.717) is 6.61 Å². The first-order chi connectivity index (χ1) is 11.8. The van der Waals surface area contributed by atoms with Crippen LogP contribution in [-0.4, -0.2) is 36.7 Å². The fourth-order valence-electron chi connectivity index (χ4n) is 3.03. The summed E-state index contributed by atoms with van der Waals surface area (Å²) in [7, 11) is 0. The van der Waals surface area contributed by atoms with Crippen LogP contribution in [-0.2, 0) is 23.7 Å². The van der Waals surface area contributed by atoms with Gasteiger partial charge in [-0.05, 0) is 0 Å². The number of carbonyl (C=O) groups excluding carboxylic acids is 1. The normalized spacial score (nSPS) is 31.4. The van der Waals surface area contributed by atoms with Gasteiger partial charge in [0, 0.05) is 11.1 Å². The molecule has 6 nitrogen and oxygen atoms in total. The van der Waals surface area contributed by atoms with Gasteiger partial charge in [-0.25, -0.2) is 0 Å². The van der Waals surface area contributed by atoms with Gasteiger partial charge in [-0.3, -0.25) is 0 Å². The molecule has 2 aliphatic rings. The molecule has 0 spiro atoms. The molecule has 5 atom stereocenters. The molecule has 132 valence electrons. The van der Waals surface area contributed by atoms with Gasteiger partial charge in [0.05, 0.1) is 6.61 Å². The summed E-state index contributed by atoms with van der Waals surface area (Å²) in [5.74, 6) is 0. The molecule has 2 aromatic rings. The van der Waals surface area contributed by atoms with E-state index in [2.05, 4.69) is 0 Å². The van der Waals surface area contributed by atoms with Crippen LogP contribution >= 0.6 is 0 Å². The highest BCUT2D eigenvalue weighted by Crippen LogP contribution is 2.37. The molecule has 0 aromatic heterocycles. The van der Waals surface area contributed by atoms with Crippen molar-refractivity contribution >= 4 is 6.29 Å². The second kappa shape index (κ2) is 7.86. The molecule has 1 unspecified atom stereocenters. The highest BCUT2D eigenvalue weighted by molar-refractivity contribution is 5.57. The van der Waals surface area contributed by atoms with Crippen molar-refractivity contribution in [2.75, 3.05) is 6.61 Å². The maximum atomic E-state index is 11.5. The van der Waals surface area contributed by atoms with Crippen LogP contribution in [0.2, 0.25) is 0 Å². The van der Waals surface area contributed by atoms with E-state index in [1.54, 1.807) is 0 Å². The van der Waals surface area contributed by atoms with Crippen molar-refractivity contribution in [2.24, 2.45) is 0 Å². The van der Waals surface area contributed by atoms with Crippen LogP contribution in [0.25, 0.3) is 0 Å². The molecule has 2 heterocycles. The van der Waals surface area contributed by atoms with Crippen LogP contribution in [0.1, 0.15) is 23.7 Å². The zero-order chi connectivity index (χ0) is 16.4. The van der Waals surface area contributed by atoms with Gasteiger partial charge < -0.3 is 29.2 Å². The van der Waals surface area contributed by atoms with Gasteiger partial charge in [-0.15, -0.1) is 0 Å². The molecule has 6 heteroatoms. The third-order valence-electron chi connectivity index (χ3n) is 4.24. The molecule has 0 saturated carbocycles. The lowest BCUT2D eigenvalue weighted by molar-refractivity contribution is -0.355. The molecule has 2 aromatic carbocycles. The van der Waals surface area contributed by atoms with Gasteiger partial charge in [0.2, 0.25) is 0 Å². The molecule has 4 rings (SSSR count). The second-order valence-electron chi connectivity index (χ2n) is 5.83. The zero-order valence-electron chi connectivity index (χ0n) is 13.5. The average molecular weight is 344 g/mol. The first-order valence-corrected chi connectivity index (χ1v) is 7.98. The summed E-state index contributed by atoms with van der Waals surface area (Å²) >= 11 is 0. The van der Waals surface area contributed by atoms with E-state index in [9.17, 15) is 4.79 Å². The molecular weight excluding hydrogens is 324 g/mol. The molecule has 0 bridgehead atoms. The molecule has 0 radical (unpaired) electrons. The summed E-state index contributed by atoms with van der Waals surface area (Å²) in [5, 5.41) is 0. The highest BCUT2D eigenvalue weighted by Gasteiger charge is 2.45. The summed E-state index contributed by atoms with van der Waals surface area (Å²) in [6.45, 7) is 0.348. The van der Waals surface area contributed by atoms with Crippen molar-refractivity contribution in [3.63, 3.8) is 0 Å².